The number of allylic oxidation sites excluding steroid dienone is 1. The fourth-order valence-electron chi connectivity index (χ4n) is 3.90. The van der Waals surface area contributed by atoms with Crippen molar-refractivity contribution >= 4 is 22.6 Å². The number of carbonyl (C=O) groups excluding carboxylic acids is 1. The topological polar surface area (TPSA) is 53.4 Å². The maximum Gasteiger partial charge on any atom is 0.337 e. The number of fused-ring (bicyclic) bond motifs is 3. The van der Waals surface area contributed by atoms with Crippen molar-refractivity contribution in [3.63, 3.8) is 0 Å². The lowest BCUT2D eigenvalue weighted by Gasteiger charge is -2.12. The molecule has 5 heteroatoms. The van der Waals surface area contributed by atoms with Crippen LogP contribution in [-0.4, -0.2) is 22.6 Å². The summed E-state index contributed by atoms with van der Waals surface area (Å²) in [6.07, 6.45) is 6.01. The summed E-state index contributed by atoms with van der Waals surface area (Å²) >= 11 is 0. The fraction of sp³-hybridized carbons (Fsp3) is 0.120. The van der Waals surface area contributed by atoms with E-state index in [2.05, 4.69) is 39.9 Å². The lowest BCUT2D eigenvalue weighted by Crippen LogP contribution is -2.03. The summed E-state index contributed by atoms with van der Waals surface area (Å²) in [4.78, 5) is 16.6. The Bertz CT molecular complexity index is 1290. The molecule has 0 saturated carbocycles. The van der Waals surface area contributed by atoms with Crippen LogP contribution in [0.5, 0.6) is 5.75 Å². The first-order valence-corrected chi connectivity index (χ1v) is 9.78. The molecule has 5 rings (SSSR count). The highest BCUT2D eigenvalue weighted by molar-refractivity contribution is 5.93. The van der Waals surface area contributed by atoms with Crippen LogP contribution >= 0.6 is 0 Å². The van der Waals surface area contributed by atoms with Crippen LogP contribution < -0.4 is 4.74 Å². The number of aromatic nitrogens is 2. The first kappa shape index (κ1) is 18.2. The molecule has 0 amide bonds. The molecule has 0 unspecified atom stereocenters. The molecule has 2 aromatic heterocycles. The van der Waals surface area contributed by atoms with Gasteiger partial charge in [0.2, 0.25) is 0 Å². The van der Waals surface area contributed by atoms with Gasteiger partial charge in [0, 0.05) is 29.9 Å². The van der Waals surface area contributed by atoms with Gasteiger partial charge >= 0.3 is 5.97 Å². The summed E-state index contributed by atoms with van der Waals surface area (Å²) in [6, 6.07) is 19.7. The Morgan fingerprint density at radius 2 is 2.03 bits per heavy atom. The van der Waals surface area contributed by atoms with E-state index in [4.69, 9.17) is 9.47 Å². The highest BCUT2D eigenvalue weighted by Gasteiger charge is 2.21. The van der Waals surface area contributed by atoms with E-state index in [9.17, 15) is 4.79 Å². The summed E-state index contributed by atoms with van der Waals surface area (Å²) in [6.45, 7) is 1.12. The average molecular weight is 396 g/mol. The first-order chi connectivity index (χ1) is 14.7. The van der Waals surface area contributed by atoms with Gasteiger partial charge in [0.05, 0.1) is 12.7 Å². The van der Waals surface area contributed by atoms with Crippen LogP contribution in [0.15, 0.2) is 79.1 Å². The summed E-state index contributed by atoms with van der Waals surface area (Å²) < 4.78 is 13.1. The predicted octanol–water partition coefficient (Wildman–Crippen LogP) is 4.85. The summed E-state index contributed by atoms with van der Waals surface area (Å²) in [7, 11) is 1.39. The zero-order chi connectivity index (χ0) is 20.5. The number of hydrogen-bond acceptors (Lipinski definition) is 4. The highest BCUT2D eigenvalue weighted by atomic mass is 16.5. The number of rotatable bonds is 3. The third kappa shape index (κ3) is 3.14. The zero-order valence-corrected chi connectivity index (χ0v) is 16.5. The molecule has 2 aromatic carbocycles. The van der Waals surface area contributed by atoms with E-state index in [-0.39, 0.29) is 5.97 Å². The number of ether oxygens (including phenoxy) is 2. The van der Waals surface area contributed by atoms with Crippen molar-refractivity contribution in [2.45, 2.75) is 13.2 Å². The van der Waals surface area contributed by atoms with E-state index in [1.54, 1.807) is 12.3 Å². The van der Waals surface area contributed by atoms with Crippen molar-refractivity contribution in [3.05, 3.63) is 101 Å². The Kier molecular flexibility index (Phi) is 4.56. The second-order valence-electron chi connectivity index (χ2n) is 7.15. The van der Waals surface area contributed by atoms with E-state index in [0.29, 0.717) is 18.7 Å². The third-order valence-corrected chi connectivity index (χ3v) is 5.40. The van der Waals surface area contributed by atoms with Gasteiger partial charge in [0.1, 0.15) is 18.0 Å². The monoisotopic (exact) mass is 396 g/mol. The molecular weight excluding hydrogens is 376 g/mol. The van der Waals surface area contributed by atoms with Crippen molar-refractivity contribution in [2.75, 3.05) is 7.11 Å². The van der Waals surface area contributed by atoms with Gasteiger partial charge in [-0.2, -0.15) is 0 Å². The smallest absolute Gasteiger partial charge is 0.337 e. The fourth-order valence-corrected chi connectivity index (χ4v) is 3.90. The number of hydrogen-bond donors (Lipinski definition) is 0. The molecule has 0 atom stereocenters. The normalized spacial score (nSPS) is 14.0. The van der Waals surface area contributed by atoms with Crippen LogP contribution in [0.25, 0.3) is 16.6 Å². The van der Waals surface area contributed by atoms with Gasteiger partial charge in [-0.3, -0.25) is 0 Å². The lowest BCUT2D eigenvalue weighted by atomic mass is 9.93. The van der Waals surface area contributed by atoms with Gasteiger partial charge in [-0.25, -0.2) is 9.78 Å². The summed E-state index contributed by atoms with van der Waals surface area (Å²) in [5, 5.41) is 1.11. The number of nitrogens with zero attached hydrogens (tertiary/aromatic N) is 2. The van der Waals surface area contributed by atoms with Crippen molar-refractivity contribution in [2.24, 2.45) is 0 Å². The van der Waals surface area contributed by atoms with Gasteiger partial charge in [-0.15, -0.1) is 0 Å². The minimum atomic E-state index is -0.365. The minimum Gasteiger partial charge on any atom is -0.488 e. The Balaban J connectivity index is 1.65. The molecule has 1 aliphatic rings. The predicted molar refractivity (Wildman–Crippen MR) is 115 cm³/mol. The van der Waals surface area contributed by atoms with Crippen molar-refractivity contribution in [3.8, 4) is 5.75 Å². The Morgan fingerprint density at radius 1 is 1.13 bits per heavy atom. The van der Waals surface area contributed by atoms with E-state index in [0.717, 1.165) is 39.0 Å². The van der Waals surface area contributed by atoms with Crippen molar-refractivity contribution in [1.82, 2.24) is 9.55 Å². The molecule has 0 radical (unpaired) electrons. The van der Waals surface area contributed by atoms with Crippen LogP contribution in [0.3, 0.4) is 0 Å². The molecule has 30 heavy (non-hydrogen) atoms. The number of benzene rings is 2. The second kappa shape index (κ2) is 7.52. The average Bonchev–Trinajstić information content (AvgIpc) is 3.14. The molecule has 0 N–H and O–H groups in total. The van der Waals surface area contributed by atoms with Crippen LogP contribution in [0.2, 0.25) is 0 Å². The van der Waals surface area contributed by atoms with Gasteiger partial charge in [0.25, 0.3) is 0 Å². The third-order valence-electron chi connectivity index (χ3n) is 5.40. The SMILES string of the molecule is COC(=O)c1ccc2c(c1)/C(=C/Cn1ccc3cccnc31)c1ccccc1CO2. The van der Waals surface area contributed by atoms with Crippen LogP contribution in [0.1, 0.15) is 27.0 Å². The Labute approximate surface area is 174 Å². The molecule has 148 valence electrons. The zero-order valence-electron chi connectivity index (χ0n) is 16.5. The lowest BCUT2D eigenvalue weighted by molar-refractivity contribution is 0.0600. The minimum absolute atomic E-state index is 0.365. The summed E-state index contributed by atoms with van der Waals surface area (Å²) in [5.74, 6) is 0.385. The molecule has 5 nitrogen and oxygen atoms in total. The molecule has 0 fully saturated rings. The van der Waals surface area contributed by atoms with Crippen LogP contribution in [0, 0.1) is 0 Å². The van der Waals surface area contributed by atoms with Gasteiger partial charge in [-0.1, -0.05) is 30.3 Å². The molecular formula is C25H20N2O3. The Morgan fingerprint density at radius 3 is 2.93 bits per heavy atom. The van der Waals surface area contributed by atoms with E-state index in [1.807, 2.05) is 36.5 Å². The molecule has 0 saturated heterocycles. The molecule has 4 aromatic rings. The maximum atomic E-state index is 12.1. The van der Waals surface area contributed by atoms with Crippen molar-refractivity contribution in [1.29, 1.82) is 0 Å². The quantitative estimate of drug-likeness (QED) is 0.465. The van der Waals surface area contributed by atoms with Gasteiger partial charge in [0.15, 0.2) is 0 Å². The molecule has 0 spiro atoms. The van der Waals surface area contributed by atoms with Gasteiger partial charge in [-0.05, 0) is 53.1 Å². The van der Waals surface area contributed by atoms with E-state index < -0.39 is 0 Å². The van der Waals surface area contributed by atoms with E-state index in [1.165, 1.54) is 7.11 Å². The van der Waals surface area contributed by atoms with Crippen LogP contribution in [0.4, 0.5) is 0 Å². The largest absolute Gasteiger partial charge is 0.488 e. The summed E-state index contributed by atoms with van der Waals surface area (Å²) in [5.41, 5.74) is 5.56. The van der Waals surface area contributed by atoms with E-state index >= 15 is 0 Å². The van der Waals surface area contributed by atoms with Crippen molar-refractivity contribution < 1.29 is 14.3 Å². The second-order valence-corrected chi connectivity index (χ2v) is 7.15. The first-order valence-electron chi connectivity index (χ1n) is 9.78. The molecule has 0 aliphatic carbocycles. The molecule has 3 heterocycles. The number of pyridine rings is 1. The highest BCUT2D eigenvalue weighted by Crippen LogP contribution is 2.37. The number of methoxy groups -OCH3 is 1. The molecule has 0 bridgehead atoms. The number of esters is 1. The maximum absolute atomic E-state index is 12.1. The number of carbonyl (C=O) groups is 1. The molecule has 1 aliphatic heterocycles. The van der Waals surface area contributed by atoms with Crippen LogP contribution in [-0.2, 0) is 17.9 Å². The standard InChI is InChI=1S/C25H20N2O3/c1-29-25(28)18-8-9-23-22(15-18)21(20-7-3-2-5-19(20)16-30-23)11-14-27-13-10-17-6-4-12-26-24(17)27/h2-13,15H,14,16H2,1H3/b21-11+. The van der Waals surface area contributed by atoms with Gasteiger partial charge < -0.3 is 14.0 Å². The Hall–Kier alpha value is -3.86.